The summed E-state index contributed by atoms with van der Waals surface area (Å²) in [6.07, 6.45) is 0. The van der Waals surface area contributed by atoms with Crippen LogP contribution < -0.4 is 16.4 Å². The van der Waals surface area contributed by atoms with Crippen molar-refractivity contribution < 1.29 is 4.79 Å². The summed E-state index contributed by atoms with van der Waals surface area (Å²) in [5.74, 6) is 0. The van der Waals surface area contributed by atoms with E-state index in [1.54, 1.807) is 30.3 Å². The minimum Gasteiger partial charge on any atom is -0.326 e. The number of benzene rings is 2. The third-order valence-electron chi connectivity index (χ3n) is 2.67. The lowest BCUT2D eigenvalue weighted by molar-refractivity contribution is 0.262. The first-order chi connectivity index (χ1) is 9.71. The fourth-order valence-electron chi connectivity index (χ4n) is 1.74. The number of carbonyl (C=O) groups excluding carboxylic acids is 1. The van der Waals surface area contributed by atoms with Crippen LogP contribution in [0.3, 0.4) is 0 Å². The van der Waals surface area contributed by atoms with E-state index < -0.39 is 0 Å². The lowest BCUT2D eigenvalue weighted by Gasteiger charge is -2.08. The molecule has 0 spiro atoms. The molecule has 2 aromatic carbocycles. The van der Waals surface area contributed by atoms with Crippen molar-refractivity contribution in [3.63, 3.8) is 0 Å². The number of nitrogens with one attached hydrogen (secondary N) is 2. The van der Waals surface area contributed by atoms with Gasteiger partial charge in [-0.05, 0) is 35.9 Å². The molecule has 5 heteroatoms. The monoisotopic (exact) mass is 266 g/mol. The minimum absolute atomic E-state index is 0.366. The molecule has 4 N–H and O–H groups in total. The van der Waals surface area contributed by atoms with Crippen molar-refractivity contribution in [3.8, 4) is 6.07 Å². The van der Waals surface area contributed by atoms with Gasteiger partial charge >= 0.3 is 6.03 Å². The summed E-state index contributed by atoms with van der Waals surface area (Å²) in [6.45, 7) is 0.418. The molecule has 2 aromatic rings. The van der Waals surface area contributed by atoms with E-state index in [-0.39, 0.29) is 6.03 Å². The van der Waals surface area contributed by atoms with Crippen LogP contribution in [0.4, 0.5) is 16.2 Å². The Balaban J connectivity index is 2.03. The summed E-state index contributed by atoms with van der Waals surface area (Å²) < 4.78 is 0. The number of carbonyl (C=O) groups is 1. The standard InChI is InChI=1S/C15H14N4O/c16-9-11-3-1-5-13(7-11)18-15(20)19-14-6-2-4-12(8-14)10-17/h1-8H,9,16H2,(H2,18,19,20). The zero-order valence-corrected chi connectivity index (χ0v) is 10.8. The van der Waals surface area contributed by atoms with Crippen molar-refractivity contribution in [1.29, 1.82) is 5.26 Å². The first kappa shape index (κ1) is 13.6. The maximum Gasteiger partial charge on any atom is 0.323 e. The summed E-state index contributed by atoms with van der Waals surface area (Å²) in [4.78, 5) is 11.8. The number of urea groups is 1. The average molecular weight is 266 g/mol. The van der Waals surface area contributed by atoms with Crippen LogP contribution in [0, 0.1) is 11.3 Å². The number of nitriles is 1. The molecule has 0 aliphatic heterocycles. The molecule has 0 bridgehead atoms. The van der Waals surface area contributed by atoms with E-state index in [4.69, 9.17) is 11.0 Å². The molecule has 0 aliphatic carbocycles. The van der Waals surface area contributed by atoms with Gasteiger partial charge in [-0.1, -0.05) is 18.2 Å². The van der Waals surface area contributed by atoms with Gasteiger partial charge in [-0.3, -0.25) is 0 Å². The molecule has 5 nitrogen and oxygen atoms in total. The number of anilines is 2. The smallest absolute Gasteiger partial charge is 0.323 e. The molecule has 0 saturated heterocycles. The van der Waals surface area contributed by atoms with Gasteiger partial charge in [-0.15, -0.1) is 0 Å². The Morgan fingerprint density at radius 2 is 1.75 bits per heavy atom. The lowest BCUT2D eigenvalue weighted by Crippen LogP contribution is -2.19. The maximum absolute atomic E-state index is 11.8. The Hall–Kier alpha value is -2.84. The SMILES string of the molecule is N#Cc1cccc(NC(=O)Nc2cccc(CN)c2)c1. The van der Waals surface area contributed by atoms with Crippen molar-refractivity contribution in [3.05, 3.63) is 59.7 Å². The van der Waals surface area contributed by atoms with Crippen molar-refractivity contribution in [2.75, 3.05) is 10.6 Å². The van der Waals surface area contributed by atoms with Gasteiger partial charge in [0.1, 0.15) is 0 Å². The van der Waals surface area contributed by atoms with Crippen LogP contribution in [-0.4, -0.2) is 6.03 Å². The number of nitrogens with two attached hydrogens (primary N) is 1. The number of hydrogen-bond acceptors (Lipinski definition) is 3. The molecule has 100 valence electrons. The predicted molar refractivity (Wildman–Crippen MR) is 78.1 cm³/mol. The summed E-state index contributed by atoms with van der Waals surface area (Å²) in [5, 5.41) is 14.2. The van der Waals surface area contributed by atoms with Crippen molar-refractivity contribution in [2.45, 2.75) is 6.54 Å². The number of nitrogens with zero attached hydrogens (tertiary/aromatic N) is 1. The second-order valence-corrected chi connectivity index (χ2v) is 4.18. The van der Waals surface area contributed by atoms with Crippen LogP contribution in [0.2, 0.25) is 0 Å². The van der Waals surface area contributed by atoms with E-state index >= 15 is 0 Å². The van der Waals surface area contributed by atoms with Gasteiger partial charge in [0, 0.05) is 17.9 Å². The van der Waals surface area contributed by atoms with Crippen molar-refractivity contribution in [2.24, 2.45) is 5.73 Å². The number of amides is 2. The van der Waals surface area contributed by atoms with E-state index in [9.17, 15) is 4.79 Å². The molecule has 0 unspecified atom stereocenters. The highest BCUT2D eigenvalue weighted by Crippen LogP contribution is 2.13. The quantitative estimate of drug-likeness (QED) is 0.797. The van der Waals surface area contributed by atoms with Crippen LogP contribution in [-0.2, 0) is 6.54 Å². The van der Waals surface area contributed by atoms with Gasteiger partial charge in [-0.25, -0.2) is 4.79 Å². The van der Waals surface area contributed by atoms with E-state index in [2.05, 4.69) is 10.6 Å². The zero-order chi connectivity index (χ0) is 14.4. The molecular formula is C15H14N4O. The van der Waals surface area contributed by atoms with Crippen LogP contribution in [0.1, 0.15) is 11.1 Å². The van der Waals surface area contributed by atoms with E-state index in [1.807, 2.05) is 24.3 Å². The van der Waals surface area contributed by atoms with E-state index in [0.717, 1.165) is 5.56 Å². The Bertz CT molecular complexity index is 661. The first-order valence-corrected chi connectivity index (χ1v) is 6.08. The summed E-state index contributed by atoms with van der Waals surface area (Å²) in [6, 6.07) is 15.7. The highest BCUT2D eigenvalue weighted by atomic mass is 16.2. The molecule has 2 amide bonds. The summed E-state index contributed by atoms with van der Waals surface area (Å²) in [7, 11) is 0. The molecule has 0 saturated carbocycles. The van der Waals surface area contributed by atoms with E-state index in [1.165, 1.54) is 0 Å². The highest BCUT2D eigenvalue weighted by Gasteiger charge is 2.03. The molecule has 0 radical (unpaired) electrons. The lowest BCUT2D eigenvalue weighted by atomic mass is 10.2. The van der Waals surface area contributed by atoms with Crippen molar-refractivity contribution in [1.82, 2.24) is 0 Å². The Morgan fingerprint density at radius 1 is 1.10 bits per heavy atom. The minimum atomic E-state index is -0.366. The first-order valence-electron chi connectivity index (χ1n) is 6.08. The average Bonchev–Trinajstić information content (AvgIpc) is 2.47. The van der Waals surface area contributed by atoms with Gasteiger partial charge in [0.2, 0.25) is 0 Å². The topological polar surface area (TPSA) is 90.9 Å². The fraction of sp³-hybridized carbons (Fsp3) is 0.0667. The van der Waals surface area contributed by atoms with Crippen LogP contribution in [0.5, 0.6) is 0 Å². The van der Waals surface area contributed by atoms with Crippen LogP contribution in [0.25, 0.3) is 0 Å². The fourth-order valence-corrected chi connectivity index (χ4v) is 1.74. The Kier molecular flexibility index (Phi) is 4.32. The normalized spacial score (nSPS) is 9.60. The third kappa shape index (κ3) is 3.57. The van der Waals surface area contributed by atoms with E-state index in [0.29, 0.717) is 23.5 Å². The van der Waals surface area contributed by atoms with Gasteiger partial charge < -0.3 is 16.4 Å². The van der Waals surface area contributed by atoms with Gasteiger partial charge in [0.15, 0.2) is 0 Å². The molecule has 0 aliphatic rings. The summed E-state index contributed by atoms with van der Waals surface area (Å²) >= 11 is 0. The molecule has 0 fully saturated rings. The second-order valence-electron chi connectivity index (χ2n) is 4.18. The van der Waals surface area contributed by atoms with Crippen LogP contribution in [0.15, 0.2) is 48.5 Å². The third-order valence-corrected chi connectivity index (χ3v) is 2.67. The Labute approximate surface area is 117 Å². The largest absolute Gasteiger partial charge is 0.326 e. The molecular weight excluding hydrogens is 252 g/mol. The van der Waals surface area contributed by atoms with Gasteiger partial charge in [0.25, 0.3) is 0 Å². The molecule has 20 heavy (non-hydrogen) atoms. The van der Waals surface area contributed by atoms with Crippen molar-refractivity contribution >= 4 is 17.4 Å². The Morgan fingerprint density at radius 3 is 2.40 bits per heavy atom. The van der Waals surface area contributed by atoms with Crippen LogP contribution >= 0.6 is 0 Å². The maximum atomic E-state index is 11.8. The highest BCUT2D eigenvalue weighted by molar-refractivity contribution is 5.99. The second kappa shape index (κ2) is 6.36. The zero-order valence-electron chi connectivity index (χ0n) is 10.8. The summed E-state index contributed by atoms with van der Waals surface area (Å²) in [5.41, 5.74) is 8.21. The molecule has 0 atom stereocenters. The van der Waals surface area contributed by atoms with Gasteiger partial charge in [-0.2, -0.15) is 5.26 Å². The van der Waals surface area contributed by atoms with Gasteiger partial charge in [0.05, 0.1) is 11.6 Å². The molecule has 0 heterocycles. The predicted octanol–water partition coefficient (Wildman–Crippen LogP) is 2.66. The molecule has 0 aromatic heterocycles. The molecule has 2 rings (SSSR count). The number of rotatable bonds is 3. The number of hydrogen-bond donors (Lipinski definition) is 3.